The molecule has 5 heteroatoms. The summed E-state index contributed by atoms with van der Waals surface area (Å²) in [4.78, 5) is 10.8. The summed E-state index contributed by atoms with van der Waals surface area (Å²) < 4.78 is 0. The van der Waals surface area contributed by atoms with E-state index in [9.17, 15) is 0 Å². The largest absolute Gasteiger partial charge is 0.395 e. The minimum atomic E-state index is 0.137. The molecule has 0 saturated heterocycles. The molecule has 1 rings (SSSR count). The lowest BCUT2D eigenvalue weighted by Crippen LogP contribution is -2.28. The molecule has 102 valence electrons. The number of unbranched alkanes of at least 4 members (excludes halogenated alkanes) is 1. The highest BCUT2D eigenvalue weighted by molar-refractivity contribution is 5.43. The van der Waals surface area contributed by atoms with E-state index in [0.717, 1.165) is 44.0 Å². The minimum Gasteiger partial charge on any atom is -0.395 e. The molecule has 0 amide bonds. The van der Waals surface area contributed by atoms with Gasteiger partial charge in [-0.3, -0.25) is 4.98 Å². The molecule has 0 bridgehead atoms. The second-order valence-electron chi connectivity index (χ2n) is 4.25. The van der Waals surface area contributed by atoms with Gasteiger partial charge in [-0.25, -0.2) is 4.98 Å². The zero-order chi connectivity index (χ0) is 13.2. The van der Waals surface area contributed by atoms with Crippen LogP contribution in [0.4, 0.5) is 11.6 Å². The minimum absolute atomic E-state index is 0.137. The van der Waals surface area contributed by atoms with Gasteiger partial charge < -0.3 is 15.3 Å². The van der Waals surface area contributed by atoms with Crippen molar-refractivity contribution < 1.29 is 5.11 Å². The van der Waals surface area contributed by atoms with Crippen molar-refractivity contribution in [2.75, 3.05) is 36.5 Å². The van der Waals surface area contributed by atoms with Gasteiger partial charge in [0.25, 0.3) is 0 Å². The summed E-state index contributed by atoms with van der Waals surface area (Å²) in [5.41, 5.74) is 0. The van der Waals surface area contributed by atoms with Crippen LogP contribution in [0.1, 0.15) is 33.1 Å². The van der Waals surface area contributed by atoms with Crippen molar-refractivity contribution in [2.24, 2.45) is 0 Å². The highest BCUT2D eigenvalue weighted by Gasteiger charge is 2.08. The van der Waals surface area contributed by atoms with Crippen LogP contribution in [0.2, 0.25) is 0 Å². The summed E-state index contributed by atoms with van der Waals surface area (Å²) in [5, 5.41) is 12.3. The van der Waals surface area contributed by atoms with Gasteiger partial charge in [-0.2, -0.15) is 0 Å². The molecule has 1 aromatic heterocycles. The quantitative estimate of drug-likeness (QED) is 0.703. The molecule has 0 spiro atoms. The maximum Gasteiger partial charge on any atom is 0.149 e. The van der Waals surface area contributed by atoms with Crippen LogP contribution in [0.5, 0.6) is 0 Å². The van der Waals surface area contributed by atoms with Gasteiger partial charge in [-0.1, -0.05) is 20.3 Å². The first kappa shape index (κ1) is 14.7. The van der Waals surface area contributed by atoms with E-state index in [1.807, 2.05) is 0 Å². The number of nitrogens with zero attached hydrogens (tertiary/aromatic N) is 3. The lowest BCUT2D eigenvalue weighted by atomic mass is 10.3. The second-order valence-corrected chi connectivity index (χ2v) is 4.25. The highest BCUT2D eigenvalue weighted by atomic mass is 16.3. The number of hydrogen-bond donors (Lipinski definition) is 2. The summed E-state index contributed by atoms with van der Waals surface area (Å²) in [7, 11) is 0. The van der Waals surface area contributed by atoms with Crippen LogP contribution < -0.4 is 10.2 Å². The van der Waals surface area contributed by atoms with Gasteiger partial charge in [0.1, 0.15) is 11.6 Å². The Labute approximate surface area is 109 Å². The van der Waals surface area contributed by atoms with Crippen LogP contribution in [0.15, 0.2) is 12.4 Å². The third-order valence-electron chi connectivity index (χ3n) is 2.65. The molecule has 0 saturated carbocycles. The van der Waals surface area contributed by atoms with Crippen molar-refractivity contribution >= 4 is 11.6 Å². The number of anilines is 2. The lowest BCUT2D eigenvalue weighted by Gasteiger charge is -2.22. The van der Waals surface area contributed by atoms with E-state index in [0.29, 0.717) is 6.54 Å². The van der Waals surface area contributed by atoms with E-state index in [-0.39, 0.29) is 6.61 Å². The molecular weight excluding hydrogens is 228 g/mol. The first-order chi connectivity index (χ1) is 8.81. The fourth-order valence-corrected chi connectivity index (χ4v) is 1.66. The molecule has 0 aliphatic heterocycles. The molecule has 5 nitrogen and oxygen atoms in total. The number of nitrogens with one attached hydrogen (secondary N) is 1. The van der Waals surface area contributed by atoms with Crippen LogP contribution in [-0.4, -0.2) is 41.3 Å². The molecule has 1 aromatic rings. The fraction of sp³-hybridized carbons (Fsp3) is 0.692. The van der Waals surface area contributed by atoms with Gasteiger partial charge in [0.15, 0.2) is 0 Å². The Morgan fingerprint density at radius 1 is 1.22 bits per heavy atom. The van der Waals surface area contributed by atoms with Crippen molar-refractivity contribution in [2.45, 2.75) is 33.1 Å². The highest BCUT2D eigenvalue weighted by Crippen LogP contribution is 2.13. The van der Waals surface area contributed by atoms with E-state index in [1.165, 1.54) is 0 Å². The summed E-state index contributed by atoms with van der Waals surface area (Å²) in [6.07, 6.45) is 6.76. The van der Waals surface area contributed by atoms with E-state index in [4.69, 9.17) is 5.11 Å². The molecule has 0 aromatic carbocycles. The molecule has 0 unspecified atom stereocenters. The molecule has 2 N–H and O–H groups in total. The normalized spacial score (nSPS) is 10.4. The zero-order valence-corrected chi connectivity index (χ0v) is 11.4. The zero-order valence-electron chi connectivity index (χ0n) is 11.4. The fourth-order valence-electron chi connectivity index (χ4n) is 1.66. The van der Waals surface area contributed by atoms with E-state index < -0.39 is 0 Å². The van der Waals surface area contributed by atoms with Gasteiger partial charge in [0.05, 0.1) is 19.0 Å². The van der Waals surface area contributed by atoms with Crippen LogP contribution >= 0.6 is 0 Å². The monoisotopic (exact) mass is 252 g/mol. The SMILES string of the molecule is CCCCN(CCO)c1cncc(NCCC)n1. The number of aliphatic hydroxyl groups is 1. The molecule has 0 aliphatic carbocycles. The van der Waals surface area contributed by atoms with Crippen molar-refractivity contribution in [1.82, 2.24) is 9.97 Å². The Balaban J connectivity index is 2.70. The van der Waals surface area contributed by atoms with Crippen LogP contribution in [0, 0.1) is 0 Å². The van der Waals surface area contributed by atoms with Gasteiger partial charge in [-0.15, -0.1) is 0 Å². The van der Waals surface area contributed by atoms with Crippen molar-refractivity contribution in [3.8, 4) is 0 Å². The maximum absolute atomic E-state index is 9.10. The number of hydrogen-bond acceptors (Lipinski definition) is 5. The third-order valence-corrected chi connectivity index (χ3v) is 2.65. The standard InChI is InChI=1S/C13H24N4O/c1-3-5-7-17(8-9-18)13-11-14-10-12(16-13)15-6-4-2/h10-11,18H,3-9H2,1-2H3,(H,15,16). The Bertz CT molecular complexity index is 333. The smallest absolute Gasteiger partial charge is 0.149 e. The Morgan fingerprint density at radius 3 is 2.72 bits per heavy atom. The van der Waals surface area contributed by atoms with Crippen molar-refractivity contribution in [3.63, 3.8) is 0 Å². The molecule has 0 aliphatic rings. The van der Waals surface area contributed by atoms with Gasteiger partial charge >= 0.3 is 0 Å². The first-order valence-corrected chi connectivity index (χ1v) is 6.73. The number of aromatic nitrogens is 2. The number of aliphatic hydroxyl groups excluding tert-OH is 1. The predicted molar refractivity (Wildman–Crippen MR) is 75.0 cm³/mol. The second kappa shape index (κ2) is 8.69. The summed E-state index contributed by atoms with van der Waals surface area (Å²) in [5.74, 6) is 1.63. The average molecular weight is 252 g/mol. The predicted octanol–water partition coefficient (Wildman–Crippen LogP) is 1.90. The summed E-state index contributed by atoms with van der Waals surface area (Å²) in [6.45, 7) is 6.81. The van der Waals surface area contributed by atoms with E-state index in [1.54, 1.807) is 12.4 Å². The summed E-state index contributed by atoms with van der Waals surface area (Å²) >= 11 is 0. The van der Waals surface area contributed by atoms with Crippen LogP contribution in [-0.2, 0) is 0 Å². The van der Waals surface area contributed by atoms with Gasteiger partial charge in [0, 0.05) is 19.6 Å². The molecule has 0 fully saturated rings. The maximum atomic E-state index is 9.10. The van der Waals surface area contributed by atoms with Gasteiger partial charge in [0.2, 0.25) is 0 Å². The van der Waals surface area contributed by atoms with Crippen molar-refractivity contribution in [3.05, 3.63) is 12.4 Å². The molecule has 0 radical (unpaired) electrons. The van der Waals surface area contributed by atoms with E-state index >= 15 is 0 Å². The molecule has 18 heavy (non-hydrogen) atoms. The number of rotatable bonds is 9. The Hall–Kier alpha value is -1.36. The van der Waals surface area contributed by atoms with Crippen LogP contribution in [0.25, 0.3) is 0 Å². The summed E-state index contributed by atoms with van der Waals surface area (Å²) in [6, 6.07) is 0. The Kier molecular flexibility index (Phi) is 7.10. The molecule has 0 atom stereocenters. The van der Waals surface area contributed by atoms with E-state index in [2.05, 4.69) is 34.0 Å². The third kappa shape index (κ3) is 4.87. The van der Waals surface area contributed by atoms with Crippen LogP contribution in [0.3, 0.4) is 0 Å². The van der Waals surface area contributed by atoms with Gasteiger partial charge in [-0.05, 0) is 12.8 Å². The average Bonchev–Trinajstić information content (AvgIpc) is 2.41. The first-order valence-electron chi connectivity index (χ1n) is 6.73. The molecular formula is C13H24N4O. The Morgan fingerprint density at radius 2 is 2.06 bits per heavy atom. The topological polar surface area (TPSA) is 61.3 Å². The lowest BCUT2D eigenvalue weighted by molar-refractivity contribution is 0.301. The molecule has 1 heterocycles. The van der Waals surface area contributed by atoms with Crippen molar-refractivity contribution in [1.29, 1.82) is 0 Å².